The Kier molecular flexibility index (Phi) is 3.09. The van der Waals surface area contributed by atoms with E-state index < -0.39 is 5.97 Å². The highest BCUT2D eigenvalue weighted by molar-refractivity contribution is 5.88. The highest BCUT2D eigenvalue weighted by Gasteiger charge is 2.15. The number of aromatic carboxylic acids is 1. The van der Waals surface area contributed by atoms with Gasteiger partial charge in [0.05, 0.1) is 11.4 Å². The summed E-state index contributed by atoms with van der Waals surface area (Å²) in [5.74, 6) is 0.0354. The Morgan fingerprint density at radius 2 is 1.62 bits per heavy atom. The average Bonchev–Trinajstić information content (AvgIpc) is 3.28. The molecule has 4 rings (SSSR count). The third-order valence-corrected chi connectivity index (χ3v) is 4.13. The number of benzene rings is 1. The van der Waals surface area contributed by atoms with Gasteiger partial charge in [0.25, 0.3) is 0 Å². The normalized spacial score (nSPS) is 11.2. The minimum atomic E-state index is -1.09. The van der Waals surface area contributed by atoms with E-state index in [2.05, 4.69) is 18.0 Å². The van der Waals surface area contributed by atoms with Gasteiger partial charge in [-0.2, -0.15) is 0 Å². The molecule has 0 atom stereocenters. The monoisotopic (exact) mass is 321 g/mol. The van der Waals surface area contributed by atoms with Crippen LogP contribution in [-0.2, 0) is 0 Å². The molecule has 2 N–H and O–H groups in total. The molecule has 0 unspecified atom stereocenters. The van der Waals surface area contributed by atoms with Crippen LogP contribution >= 0.6 is 0 Å². The maximum absolute atomic E-state index is 10.9. The number of carboxylic acids is 1. The Balaban J connectivity index is 1.76. The number of furan rings is 2. The molecule has 0 aliphatic heterocycles. The molecule has 0 bridgehead atoms. The lowest BCUT2D eigenvalue weighted by molar-refractivity contribution is 0.0663. The second-order valence-corrected chi connectivity index (χ2v) is 5.81. The van der Waals surface area contributed by atoms with E-state index in [4.69, 9.17) is 13.9 Å². The molecule has 0 spiro atoms. The summed E-state index contributed by atoms with van der Waals surface area (Å²) in [6.45, 7) is 4.07. The fourth-order valence-corrected chi connectivity index (χ4v) is 2.81. The lowest BCUT2D eigenvalue weighted by Crippen LogP contribution is -1.91. The van der Waals surface area contributed by atoms with Gasteiger partial charge in [0.2, 0.25) is 5.76 Å². The summed E-state index contributed by atoms with van der Waals surface area (Å²) in [6.07, 6.45) is 0. The van der Waals surface area contributed by atoms with Gasteiger partial charge in [0, 0.05) is 5.39 Å². The van der Waals surface area contributed by atoms with Crippen LogP contribution in [0.5, 0.6) is 0 Å². The zero-order valence-electron chi connectivity index (χ0n) is 13.2. The number of aryl methyl sites for hydroxylation is 2. The van der Waals surface area contributed by atoms with Crippen LogP contribution in [0.1, 0.15) is 21.7 Å². The SMILES string of the molecule is Cc1ccc(C)c2oc(-c3ccc(-c4ccc(C(=O)O)o4)[nH]3)cc12. The van der Waals surface area contributed by atoms with Gasteiger partial charge in [0.15, 0.2) is 11.5 Å². The van der Waals surface area contributed by atoms with Crippen molar-refractivity contribution in [1.29, 1.82) is 0 Å². The molecule has 24 heavy (non-hydrogen) atoms. The van der Waals surface area contributed by atoms with Gasteiger partial charge in [0.1, 0.15) is 5.58 Å². The summed E-state index contributed by atoms with van der Waals surface area (Å²) in [6, 6.07) is 12.9. The predicted molar refractivity (Wildman–Crippen MR) is 90.1 cm³/mol. The van der Waals surface area contributed by atoms with E-state index in [9.17, 15) is 4.79 Å². The largest absolute Gasteiger partial charge is 0.475 e. The van der Waals surface area contributed by atoms with Crippen LogP contribution in [0, 0.1) is 13.8 Å². The quantitative estimate of drug-likeness (QED) is 0.556. The summed E-state index contributed by atoms with van der Waals surface area (Å²) in [4.78, 5) is 14.1. The molecule has 0 aliphatic rings. The zero-order valence-corrected chi connectivity index (χ0v) is 13.2. The highest BCUT2D eigenvalue weighted by atomic mass is 16.4. The Morgan fingerprint density at radius 3 is 2.29 bits per heavy atom. The summed E-state index contributed by atoms with van der Waals surface area (Å²) in [7, 11) is 0. The molecule has 0 aliphatic carbocycles. The van der Waals surface area contributed by atoms with Gasteiger partial charge in [-0.1, -0.05) is 12.1 Å². The Hall–Kier alpha value is -3.21. The lowest BCUT2D eigenvalue weighted by Gasteiger charge is -1.96. The van der Waals surface area contributed by atoms with E-state index in [1.165, 1.54) is 6.07 Å². The molecule has 0 amide bonds. The molecule has 5 heteroatoms. The topological polar surface area (TPSA) is 79.4 Å². The van der Waals surface area contributed by atoms with Crippen molar-refractivity contribution in [2.75, 3.05) is 0 Å². The summed E-state index contributed by atoms with van der Waals surface area (Å²) < 4.78 is 11.3. The van der Waals surface area contributed by atoms with Gasteiger partial charge in [-0.25, -0.2) is 4.79 Å². The molecule has 120 valence electrons. The molecule has 0 radical (unpaired) electrons. The number of aromatic amines is 1. The van der Waals surface area contributed by atoms with E-state index in [0.717, 1.165) is 33.6 Å². The third kappa shape index (κ3) is 2.22. The van der Waals surface area contributed by atoms with Crippen molar-refractivity contribution in [3.63, 3.8) is 0 Å². The third-order valence-electron chi connectivity index (χ3n) is 4.13. The van der Waals surface area contributed by atoms with Gasteiger partial charge >= 0.3 is 5.97 Å². The van der Waals surface area contributed by atoms with Crippen molar-refractivity contribution in [2.45, 2.75) is 13.8 Å². The first-order chi connectivity index (χ1) is 11.5. The fourth-order valence-electron chi connectivity index (χ4n) is 2.81. The van der Waals surface area contributed by atoms with Crippen LogP contribution in [0.2, 0.25) is 0 Å². The van der Waals surface area contributed by atoms with Crippen LogP contribution in [0.25, 0.3) is 33.9 Å². The van der Waals surface area contributed by atoms with Crippen LogP contribution in [0.3, 0.4) is 0 Å². The van der Waals surface area contributed by atoms with Gasteiger partial charge in [-0.15, -0.1) is 0 Å². The molecule has 3 aromatic heterocycles. The van der Waals surface area contributed by atoms with Crippen molar-refractivity contribution < 1.29 is 18.7 Å². The lowest BCUT2D eigenvalue weighted by atomic mass is 10.1. The fraction of sp³-hybridized carbons (Fsp3) is 0.105. The molecular weight excluding hydrogens is 306 g/mol. The van der Waals surface area contributed by atoms with E-state index in [1.807, 2.05) is 31.2 Å². The number of nitrogens with one attached hydrogen (secondary N) is 1. The van der Waals surface area contributed by atoms with Crippen LogP contribution < -0.4 is 0 Å². The van der Waals surface area contributed by atoms with E-state index >= 15 is 0 Å². The van der Waals surface area contributed by atoms with Crippen LogP contribution in [0.15, 0.2) is 51.3 Å². The van der Waals surface area contributed by atoms with Gasteiger partial charge < -0.3 is 18.9 Å². The number of aromatic nitrogens is 1. The van der Waals surface area contributed by atoms with Gasteiger partial charge in [-0.3, -0.25) is 0 Å². The Bertz CT molecular complexity index is 1030. The van der Waals surface area contributed by atoms with Crippen molar-refractivity contribution in [2.24, 2.45) is 0 Å². The first kappa shape index (κ1) is 14.4. The maximum Gasteiger partial charge on any atom is 0.371 e. The number of hydrogen-bond acceptors (Lipinski definition) is 3. The minimum Gasteiger partial charge on any atom is -0.475 e. The average molecular weight is 321 g/mol. The Morgan fingerprint density at radius 1 is 0.917 bits per heavy atom. The van der Waals surface area contributed by atoms with Crippen molar-refractivity contribution in [1.82, 2.24) is 4.98 Å². The van der Waals surface area contributed by atoms with E-state index in [-0.39, 0.29) is 5.76 Å². The highest BCUT2D eigenvalue weighted by Crippen LogP contribution is 2.33. The smallest absolute Gasteiger partial charge is 0.371 e. The number of carboxylic acid groups (broad SMARTS) is 1. The number of hydrogen-bond donors (Lipinski definition) is 2. The zero-order chi connectivity index (χ0) is 16.8. The summed E-state index contributed by atoms with van der Waals surface area (Å²) >= 11 is 0. The first-order valence-corrected chi connectivity index (χ1v) is 7.55. The molecule has 3 heterocycles. The van der Waals surface area contributed by atoms with Crippen LogP contribution in [0.4, 0.5) is 0 Å². The summed E-state index contributed by atoms with van der Waals surface area (Å²) in [5.41, 5.74) is 4.65. The number of rotatable bonds is 3. The summed E-state index contributed by atoms with van der Waals surface area (Å²) in [5, 5.41) is 10.0. The van der Waals surface area contributed by atoms with Crippen LogP contribution in [-0.4, -0.2) is 16.1 Å². The minimum absolute atomic E-state index is 0.0869. The Labute approximate surface area is 137 Å². The van der Waals surface area contributed by atoms with Crippen molar-refractivity contribution in [3.05, 3.63) is 59.4 Å². The molecule has 4 aromatic rings. The number of fused-ring (bicyclic) bond motifs is 1. The molecule has 0 saturated carbocycles. The first-order valence-electron chi connectivity index (χ1n) is 7.55. The van der Waals surface area contributed by atoms with Gasteiger partial charge in [-0.05, 0) is 55.3 Å². The molecule has 5 nitrogen and oxygen atoms in total. The second-order valence-electron chi connectivity index (χ2n) is 5.81. The van der Waals surface area contributed by atoms with E-state index in [1.54, 1.807) is 6.07 Å². The second kappa shape index (κ2) is 5.16. The molecule has 1 aromatic carbocycles. The maximum atomic E-state index is 10.9. The van der Waals surface area contributed by atoms with E-state index in [0.29, 0.717) is 11.5 Å². The number of H-pyrrole nitrogens is 1. The molecular formula is C19H15NO4. The van der Waals surface area contributed by atoms with Crippen molar-refractivity contribution >= 4 is 16.9 Å². The molecule has 0 fully saturated rings. The standard InChI is InChI=1S/C19H15NO4/c1-10-3-4-11(2)18-12(10)9-17(24-18)14-6-5-13(20-14)15-7-8-16(23-15)19(21)22/h3-9,20H,1-2H3,(H,21,22). The predicted octanol–water partition coefficient (Wildman–Crippen LogP) is 5.00. The molecule has 0 saturated heterocycles. The van der Waals surface area contributed by atoms with Crippen molar-refractivity contribution in [3.8, 4) is 22.9 Å². The number of carbonyl (C=O) groups is 1.